The highest BCUT2D eigenvalue weighted by atomic mass is 32.2. The molecule has 7 heteroatoms. The summed E-state index contributed by atoms with van der Waals surface area (Å²) >= 11 is 1.55. The number of furan rings is 1. The number of thioether (sulfide) groups is 1. The Morgan fingerprint density at radius 2 is 2.15 bits per heavy atom. The van der Waals surface area contributed by atoms with Crippen LogP contribution in [-0.2, 0) is 6.54 Å². The zero-order valence-corrected chi connectivity index (χ0v) is 16.2. The van der Waals surface area contributed by atoms with Gasteiger partial charge in [0.25, 0.3) is 0 Å². The van der Waals surface area contributed by atoms with E-state index in [1.165, 1.54) is 6.92 Å². The van der Waals surface area contributed by atoms with Crippen LogP contribution in [0.1, 0.15) is 23.0 Å². The summed E-state index contributed by atoms with van der Waals surface area (Å²) in [5.74, 6) is 2.82. The maximum atomic E-state index is 11.7. The zero-order valence-electron chi connectivity index (χ0n) is 15.3. The lowest BCUT2D eigenvalue weighted by Gasteiger charge is -2.10. The molecule has 6 nitrogen and oxygen atoms in total. The molecule has 140 valence electrons. The summed E-state index contributed by atoms with van der Waals surface area (Å²) in [7, 11) is 0. The van der Waals surface area contributed by atoms with Gasteiger partial charge in [0.1, 0.15) is 11.5 Å². The quantitative estimate of drug-likeness (QED) is 0.236. The molecule has 27 heavy (non-hydrogen) atoms. The number of nitrogens with zero attached hydrogens (tertiary/aromatic N) is 3. The molecule has 0 atom stereocenters. The highest BCUT2D eigenvalue weighted by Crippen LogP contribution is 2.27. The molecule has 0 fully saturated rings. The minimum atomic E-state index is -0.0101. The molecule has 0 aliphatic carbocycles. The first-order valence-corrected chi connectivity index (χ1v) is 9.54. The Labute approximate surface area is 162 Å². The standard InChI is InChI=1S/C20H21N3O3S/c1-4-10-23-19(17-9-11-25-15(17)3)21-22-20(23)27-13-12-26-18-8-6-5-7-16(18)14(2)24/h4-9,11H,1,10,12-13H2,2-3H3. The van der Waals surface area contributed by atoms with E-state index in [0.29, 0.717) is 30.2 Å². The topological polar surface area (TPSA) is 70.2 Å². The van der Waals surface area contributed by atoms with Crippen molar-refractivity contribution >= 4 is 17.5 Å². The van der Waals surface area contributed by atoms with E-state index in [0.717, 1.165) is 22.3 Å². The second kappa shape index (κ2) is 8.73. The molecule has 0 bridgehead atoms. The van der Waals surface area contributed by atoms with Crippen LogP contribution in [0.4, 0.5) is 0 Å². The van der Waals surface area contributed by atoms with E-state index in [1.807, 2.05) is 35.8 Å². The first-order valence-electron chi connectivity index (χ1n) is 8.56. The lowest BCUT2D eigenvalue weighted by Crippen LogP contribution is -2.06. The van der Waals surface area contributed by atoms with E-state index in [1.54, 1.807) is 30.2 Å². The minimum Gasteiger partial charge on any atom is -0.492 e. The van der Waals surface area contributed by atoms with Gasteiger partial charge in [-0.15, -0.1) is 16.8 Å². The Bertz CT molecular complexity index is 946. The van der Waals surface area contributed by atoms with Crippen molar-refractivity contribution in [3.63, 3.8) is 0 Å². The van der Waals surface area contributed by atoms with Gasteiger partial charge in [-0.2, -0.15) is 0 Å². The van der Waals surface area contributed by atoms with Crippen LogP contribution < -0.4 is 4.74 Å². The van der Waals surface area contributed by atoms with E-state index in [2.05, 4.69) is 16.8 Å². The van der Waals surface area contributed by atoms with Crippen molar-refractivity contribution in [2.45, 2.75) is 25.5 Å². The highest BCUT2D eigenvalue weighted by molar-refractivity contribution is 7.99. The Hall–Kier alpha value is -2.80. The van der Waals surface area contributed by atoms with Crippen LogP contribution in [0.3, 0.4) is 0 Å². The molecule has 0 saturated carbocycles. The second-order valence-corrected chi connectivity index (χ2v) is 6.91. The number of carbonyl (C=O) groups excluding carboxylic acids is 1. The van der Waals surface area contributed by atoms with Gasteiger partial charge >= 0.3 is 0 Å². The van der Waals surface area contributed by atoms with Gasteiger partial charge in [0.15, 0.2) is 16.8 Å². The van der Waals surface area contributed by atoms with Gasteiger partial charge < -0.3 is 9.15 Å². The van der Waals surface area contributed by atoms with E-state index in [4.69, 9.17) is 9.15 Å². The van der Waals surface area contributed by atoms with E-state index in [9.17, 15) is 4.79 Å². The van der Waals surface area contributed by atoms with Crippen LogP contribution in [0.2, 0.25) is 0 Å². The predicted molar refractivity (Wildman–Crippen MR) is 105 cm³/mol. The number of rotatable bonds is 9. The van der Waals surface area contributed by atoms with Gasteiger partial charge in [0, 0.05) is 12.3 Å². The monoisotopic (exact) mass is 383 g/mol. The van der Waals surface area contributed by atoms with Crippen LogP contribution in [-0.4, -0.2) is 32.9 Å². The third-order valence-electron chi connectivity index (χ3n) is 3.97. The summed E-state index contributed by atoms with van der Waals surface area (Å²) in [6.45, 7) is 8.31. The fraction of sp³-hybridized carbons (Fsp3) is 0.250. The Balaban J connectivity index is 1.67. The zero-order chi connectivity index (χ0) is 19.2. The summed E-state index contributed by atoms with van der Waals surface area (Å²) in [6, 6.07) is 9.15. The molecule has 0 spiro atoms. The third-order valence-corrected chi connectivity index (χ3v) is 4.90. The number of ether oxygens (including phenoxy) is 1. The molecule has 3 rings (SSSR count). The molecule has 1 aromatic carbocycles. The van der Waals surface area contributed by atoms with Gasteiger partial charge in [0.2, 0.25) is 0 Å². The third kappa shape index (κ3) is 4.31. The summed E-state index contributed by atoms with van der Waals surface area (Å²) in [5, 5.41) is 9.40. The van der Waals surface area contributed by atoms with Crippen molar-refractivity contribution in [2.24, 2.45) is 0 Å². The SMILES string of the molecule is C=CCn1c(SCCOc2ccccc2C(C)=O)nnc1-c1ccoc1C. The Kier molecular flexibility index (Phi) is 6.13. The second-order valence-electron chi connectivity index (χ2n) is 5.85. The van der Waals surface area contributed by atoms with Gasteiger partial charge in [-0.3, -0.25) is 9.36 Å². The number of hydrogen-bond acceptors (Lipinski definition) is 6. The lowest BCUT2D eigenvalue weighted by molar-refractivity contribution is 0.101. The van der Waals surface area contributed by atoms with Crippen LogP contribution in [0, 0.1) is 6.92 Å². The van der Waals surface area contributed by atoms with Crippen molar-refractivity contribution < 1.29 is 13.9 Å². The molecule has 0 aliphatic heterocycles. The number of Topliss-reactive ketones (excluding diaryl/α,β-unsaturated/α-hetero) is 1. The van der Waals surface area contributed by atoms with Crippen molar-refractivity contribution in [2.75, 3.05) is 12.4 Å². The van der Waals surface area contributed by atoms with E-state index in [-0.39, 0.29) is 5.78 Å². The van der Waals surface area contributed by atoms with Crippen molar-refractivity contribution in [1.82, 2.24) is 14.8 Å². The molecule has 2 heterocycles. The maximum absolute atomic E-state index is 11.7. The summed E-state index contributed by atoms with van der Waals surface area (Å²) in [6.07, 6.45) is 3.46. The van der Waals surface area contributed by atoms with Crippen LogP contribution in [0.5, 0.6) is 5.75 Å². The molecule has 0 radical (unpaired) electrons. The van der Waals surface area contributed by atoms with Crippen molar-refractivity contribution in [1.29, 1.82) is 0 Å². The molecule has 0 N–H and O–H groups in total. The van der Waals surface area contributed by atoms with E-state index >= 15 is 0 Å². The Morgan fingerprint density at radius 3 is 2.85 bits per heavy atom. The van der Waals surface area contributed by atoms with Gasteiger partial charge in [-0.05, 0) is 32.0 Å². The number of hydrogen-bond donors (Lipinski definition) is 0. The smallest absolute Gasteiger partial charge is 0.191 e. The molecule has 0 amide bonds. The summed E-state index contributed by atoms with van der Waals surface area (Å²) in [4.78, 5) is 11.7. The fourth-order valence-electron chi connectivity index (χ4n) is 2.67. The molecule has 3 aromatic rings. The number of carbonyl (C=O) groups is 1. The summed E-state index contributed by atoms with van der Waals surface area (Å²) in [5.41, 5.74) is 1.51. The van der Waals surface area contributed by atoms with Crippen molar-refractivity contribution in [3.8, 4) is 17.1 Å². The average molecular weight is 383 g/mol. The maximum Gasteiger partial charge on any atom is 0.191 e. The first-order chi connectivity index (χ1) is 13.1. The van der Waals surface area contributed by atoms with Gasteiger partial charge in [-0.25, -0.2) is 0 Å². The number of ketones is 1. The lowest BCUT2D eigenvalue weighted by atomic mass is 10.1. The highest BCUT2D eigenvalue weighted by Gasteiger charge is 2.16. The molecule has 0 saturated heterocycles. The molecule has 0 unspecified atom stereocenters. The largest absolute Gasteiger partial charge is 0.492 e. The normalized spacial score (nSPS) is 10.7. The van der Waals surface area contributed by atoms with Crippen molar-refractivity contribution in [3.05, 3.63) is 60.6 Å². The number of aryl methyl sites for hydroxylation is 1. The minimum absolute atomic E-state index is 0.0101. The van der Waals surface area contributed by atoms with Gasteiger partial charge in [0.05, 0.1) is 24.0 Å². The van der Waals surface area contributed by atoms with Crippen LogP contribution >= 0.6 is 11.8 Å². The van der Waals surface area contributed by atoms with Gasteiger partial charge in [-0.1, -0.05) is 30.0 Å². The number of aromatic nitrogens is 3. The number of para-hydroxylation sites is 1. The fourth-order valence-corrected chi connectivity index (χ4v) is 3.44. The molecule has 0 aliphatic rings. The summed E-state index contributed by atoms with van der Waals surface area (Å²) < 4.78 is 13.2. The van der Waals surface area contributed by atoms with Crippen LogP contribution in [0.25, 0.3) is 11.4 Å². The molecular formula is C20H21N3O3S. The molecule has 2 aromatic heterocycles. The average Bonchev–Trinajstić information content (AvgIpc) is 3.25. The predicted octanol–water partition coefficient (Wildman–Crippen LogP) is 4.41. The van der Waals surface area contributed by atoms with Crippen LogP contribution in [0.15, 0.2) is 58.8 Å². The number of benzene rings is 1. The Morgan fingerprint density at radius 1 is 1.33 bits per heavy atom. The first kappa shape index (κ1) is 19.0. The molecular weight excluding hydrogens is 362 g/mol. The van der Waals surface area contributed by atoms with E-state index < -0.39 is 0 Å². The number of allylic oxidation sites excluding steroid dienone is 1.